The lowest BCUT2D eigenvalue weighted by molar-refractivity contribution is -0.138. The maximum Gasteiger partial charge on any atom is 0.420 e. The summed E-state index contributed by atoms with van der Waals surface area (Å²) in [6.45, 7) is 0.767. The van der Waals surface area contributed by atoms with Crippen LogP contribution >= 0.6 is 0 Å². The van der Waals surface area contributed by atoms with Crippen molar-refractivity contribution in [2.24, 2.45) is 0 Å². The maximum absolute atomic E-state index is 13.0. The van der Waals surface area contributed by atoms with E-state index in [0.717, 1.165) is 18.2 Å². The molecule has 0 N–H and O–H groups in total. The van der Waals surface area contributed by atoms with Crippen LogP contribution in [0.1, 0.15) is 12.0 Å². The molecule has 0 fully saturated rings. The van der Waals surface area contributed by atoms with Gasteiger partial charge in [-0.2, -0.15) is 21.6 Å². The number of halogens is 3. The molecule has 5 nitrogen and oxygen atoms in total. The Morgan fingerprint density at radius 3 is 2.36 bits per heavy atom. The van der Waals surface area contributed by atoms with E-state index in [2.05, 4.69) is 0 Å². The highest BCUT2D eigenvalue weighted by Crippen LogP contribution is 2.38. The van der Waals surface area contributed by atoms with E-state index in [-0.39, 0.29) is 10.6 Å². The first-order valence-corrected chi connectivity index (χ1v) is 8.68. The van der Waals surface area contributed by atoms with Crippen molar-refractivity contribution in [3.8, 4) is 17.2 Å². The second kappa shape index (κ2) is 6.47. The molecule has 0 saturated carbocycles. The zero-order valence-corrected chi connectivity index (χ0v) is 13.6. The van der Waals surface area contributed by atoms with Gasteiger partial charge in [-0.15, -0.1) is 0 Å². The number of benzene rings is 2. The fourth-order valence-corrected chi connectivity index (χ4v) is 3.20. The molecule has 0 atom stereocenters. The minimum Gasteiger partial charge on any atom is -0.490 e. The molecule has 0 radical (unpaired) electrons. The van der Waals surface area contributed by atoms with Crippen LogP contribution in [0.15, 0.2) is 47.4 Å². The second-order valence-corrected chi connectivity index (χ2v) is 6.74. The van der Waals surface area contributed by atoms with Crippen molar-refractivity contribution in [1.82, 2.24) is 0 Å². The van der Waals surface area contributed by atoms with Crippen LogP contribution < -0.4 is 13.7 Å². The molecule has 3 rings (SSSR count). The van der Waals surface area contributed by atoms with Crippen molar-refractivity contribution >= 4 is 10.1 Å². The maximum atomic E-state index is 13.0. The number of para-hydroxylation sites is 1. The van der Waals surface area contributed by atoms with Crippen molar-refractivity contribution in [3.05, 3.63) is 48.0 Å². The third-order valence-corrected chi connectivity index (χ3v) is 4.63. The molecule has 2 aromatic carbocycles. The Balaban J connectivity index is 1.95. The van der Waals surface area contributed by atoms with Gasteiger partial charge in [-0.05, 0) is 24.3 Å². The minimum absolute atomic E-state index is 0.200. The van der Waals surface area contributed by atoms with Crippen molar-refractivity contribution in [2.75, 3.05) is 13.2 Å². The number of hydrogen-bond donors (Lipinski definition) is 0. The van der Waals surface area contributed by atoms with Gasteiger partial charge in [-0.3, -0.25) is 0 Å². The van der Waals surface area contributed by atoms with Crippen LogP contribution in [-0.2, 0) is 16.3 Å². The molecule has 0 bridgehead atoms. The molecule has 134 valence electrons. The lowest BCUT2D eigenvalue weighted by atomic mass is 10.2. The van der Waals surface area contributed by atoms with Crippen molar-refractivity contribution in [2.45, 2.75) is 17.5 Å². The smallest absolute Gasteiger partial charge is 0.420 e. The highest BCUT2D eigenvalue weighted by Gasteiger charge is 2.35. The van der Waals surface area contributed by atoms with E-state index in [9.17, 15) is 21.6 Å². The highest BCUT2D eigenvalue weighted by molar-refractivity contribution is 7.87. The van der Waals surface area contributed by atoms with Gasteiger partial charge in [0.15, 0.2) is 17.2 Å². The summed E-state index contributed by atoms with van der Waals surface area (Å²) in [5, 5.41) is 0. The van der Waals surface area contributed by atoms with Crippen LogP contribution in [0.2, 0.25) is 0 Å². The molecule has 9 heteroatoms. The normalized spacial score (nSPS) is 14.7. The van der Waals surface area contributed by atoms with E-state index in [1.165, 1.54) is 24.3 Å². The molecule has 1 aliphatic rings. The van der Waals surface area contributed by atoms with Crippen molar-refractivity contribution < 1.29 is 35.2 Å². The van der Waals surface area contributed by atoms with E-state index in [4.69, 9.17) is 13.7 Å². The number of alkyl halides is 3. The van der Waals surface area contributed by atoms with Gasteiger partial charge in [0.25, 0.3) is 0 Å². The number of hydrogen-bond acceptors (Lipinski definition) is 5. The molecule has 0 unspecified atom stereocenters. The molecule has 2 aromatic rings. The quantitative estimate of drug-likeness (QED) is 0.768. The van der Waals surface area contributed by atoms with Gasteiger partial charge in [0.1, 0.15) is 4.90 Å². The van der Waals surface area contributed by atoms with E-state index < -0.39 is 27.6 Å². The second-order valence-electron chi connectivity index (χ2n) is 5.19. The van der Waals surface area contributed by atoms with Crippen molar-refractivity contribution in [1.29, 1.82) is 0 Å². The summed E-state index contributed by atoms with van der Waals surface area (Å²) in [5.74, 6) is -0.222. The Bertz CT molecular complexity index is 878. The Morgan fingerprint density at radius 1 is 0.960 bits per heavy atom. The van der Waals surface area contributed by atoms with Gasteiger partial charge in [-0.25, -0.2) is 0 Å². The molecule has 0 amide bonds. The predicted octanol–water partition coefficient (Wildman–Crippen LogP) is 3.63. The Labute approximate surface area is 142 Å². The number of ether oxygens (including phenoxy) is 2. The summed E-state index contributed by atoms with van der Waals surface area (Å²) in [7, 11) is -4.48. The molecule has 0 spiro atoms. The van der Waals surface area contributed by atoms with Gasteiger partial charge in [-0.1, -0.05) is 12.1 Å². The summed E-state index contributed by atoms with van der Waals surface area (Å²) >= 11 is 0. The topological polar surface area (TPSA) is 61.8 Å². The molecule has 1 heterocycles. The molecule has 25 heavy (non-hydrogen) atoms. The van der Waals surface area contributed by atoms with Crippen LogP contribution in [0.4, 0.5) is 13.2 Å². The van der Waals surface area contributed by atoms with Crippen LogP contribution in [0.3, 0.4) is 0 Å². The summed E-state index contributed by atoms with van der Waals surface area (Å²) in [4.78, 5) is -0.325. The Kier molecular flexibility index (Phi) is 4.51. The first-order chi connectivity index (χ1) is 11.8. The Hall–Kier alpha value is -2.42. The summed E-state index contributed by atoms with van der Waals surface area (Å²) in [6, 6.07) is 7.85. The lowest BCUT2D eigenvalue weighted by Gasteiger charge is -2.14. The van der Waals surface area contributed by atoms with Gasteiger partial charge >= 0.3 is 16.3 Å². The molecule has 1 aliphatic heterocycles. The third-order valence-electron chi connectivity index (χ3n) is 3.40. The number of rotatable bonds is 3. The largest absolute Gasteiger partial charge is 0.490 e. The predicted molar refractivity (Wildman–Crippen MR) is 81.3 cm³/mol. The molecule has 0 saturated heterocycles. The molecular formula is C16H13F3O5S. The molecular weight excluding hydrogens is 361 g/mol. The summed E-state index contributed by atoms with van der Waals surface area (Å²) < 4.78 is 79.2. The van der Waals surface area contributed by atoms with E-state index in [1.807, 2.05) is 0 Å². The van der Waals surface area contributed by atoms with E-state index in [1.54, 1.807) is 0 Å². The number of fused-ring (bicyclic) bond motifs is 1. The van der Waals surface area contributed by atoms with Gasteiger partial charge in [0.05, 0.1) is 18.8 Å². The van der Waals surface area contributed by atoms with Crippen LogP contribution in [-0.4, -0.2) is 21.6 Å². The molecule has 0 aromatic heterocycles. The van der Waals surface area contributed by atoms with Crippen LogP contribution in [0.25, 0.3) is 0 Å². The minimum atomic E-state index is -4.74. The average Bonchev–Trinajstić information content (AvgIpc) is 2.78. The average molecular weight is 374 g/mol. The van der Waals surface area contributed by atoms with Crippen molar-refractivity contribution in [3.63, 3.8) is 0 Å². The van der Waals surface area contributed by atoms with E-state index in [0.29, 0.717) is 25.4 Å². The zero-order valence-electron chi connectivity index (χ0n) is 12.7. The van der Waals surface area contributed by atoms with Gasteiger partial charge in [0, 0.05) is 12.5 Å². The fraction of sp³-hybridized carbons (Fsp3) is 0.250. The fourth-order valence-electron chi connectivity index (χ4n) is 2.24. The van der Waals surface area contributed by atoms with E-state index >= 15 is 0 Å². The first-order valence-electron chi connectivity index (χ1n) is 7.28. The summed E-state index contributed by atoms with van der Waals surface area (Å²) in [5.41, 5.74) is -1.17. The van der Waals surface area contributed by atoms with Crippen LogP contribution in [0.5, 0.6) is 17.2 Å². The van der Waals surface area contributed by atoms with Gasteiger partial charge < -0.3 is 13.7 Å². The SMILES string of the molecule is O=S(=O)(Oc1ccccc1C(F)(F)F)c1ccc2c(c1)OCCCO2. The summed E-state index contributed by atoms with van der Waals surface area (Å²) in [6.07, 6.45) is -4.11. The standard InChI is InChI=1S/C16H13F3O5S/c17-16(18,19)12-4-1-2-5-13(12)24-25(20,21)11-6-7-14-15(10-11)23-9-3-8-22-14/h1-2,4-7,10H,3,8-9H2. The molecule has 0 aliphatic carbocycles. The Morgan fingerprint density at radius 2 is 1.64 bits per heavy atom. The first kappa shape index (κ1) is 17.4. The lowest BCUT2D eigenvalue weighted by Crippen LogP contribution is -2.14. The zero-order chi connectivity index (χ0) is 18.1. The monoisotopic (exact) mass is 374 g/mol. The van der Waals surface area contributed by atoms with Gasteiger partial charge in [0.2, 0.25) is 0 Å². The van der Waals surface area contributed by atoms with Crippen LogP contribution in [0, 0.1) is 0 Å². The highest BCUT2D eigenvalue weighted by atomic mass is 32.2. The third kappa shape index (κ3) is 3.81.